The molecule has 1 aromatic rings. The molecule has 2 aliphatic carbocycles. The first-order valence-corrected chi connectivity index (χ1v) is 11.5. The lowest BCUT2D eigenvalue weighted by Crippen LogP contribution is -2.43. The zero-order chi connectivity index (χ0) is 20.2. The summed E-state index contributed by atoms with van der Waals surface area (Å²) in [6.07, 6.45) is 11.2. The number of benzene rings is 1. The van der Waals surface area contributed by atoms with E-state index < -0.39 is 0 Å². The van der Waals surface area contributed by atoms with Gasteiger partial charge in [0.2, 0.25) is 0 Å². The average Bonchev–Trinajstić information content (AvgIpc) is 2.64. The summed E-state index contributed by atoms with van der Waals surface area (Å²) in [5, 5.41) is 7.30. The lowest BCUT2D eigenvalue weighted by atomic mass is 9.62. The first-order chi connectivity index (χ1) is 13.3. The Morgan fingerprint density at radius 3 is 2.61 bits per heavy atom. The van der Waals surface area contributed by atoms with Gasteiger partial charge in [0, 0.05) is 12.1 Å². The van der Waals surface area contributed by atoms with Crippen LogP contribution in [0.1, 0.15) is 88.1 Å². The van der Waals surface area contributed by atoms with Crippen LogP contribution >= 0.6 is 11.6 Å². The van der Waals surface area contributed by atoms with Crippen molar-refractivity contribution in [2.24, 2.45) is 11.3 Å². The molecule has 0 spiro atoms. The SMILES string of the molecule is CC(C)(C)NCCCc1ccc(Cl)c(C(=O)NCC23CCCC(CCC2)C3)c1. The van der Waals surface area contributed by atoms with Gasteiger partial charge in [-0.1, -0.05) is 43.4 Å². The highest BCUT2D eigenvalue weighted by Gasteiger charge is 2.39. The second-order valence-electron chi connectivity index (χ2n) is 10.1. The van der Waals surface area contributed by atoms with Crippen LogP contribution in [-0.2, 0) is 6.42 Å². The Hall–Kier alpha value is -1.06. The van der Waals surface area contributed by atoms with Gasteiger partial charge in [0.05, 0.1) is 10.6 Å². The molecule has 28 heavy (non-hydrogen) atoms. The average molecular weight is 405 g/mol. The normalized spacial score (nSPS) is 24.8. The monoisotopic (exact) mass is 404 g/mol. The molecule has 2 fully saturated rings. The molecule has 0 radical (unpaired) electrons. The molecule has 1 amide bonds. The Morgan fingerprint density at radius 1 is 1.21 bits per heavy atom. The van der Waals surface area contributed by atoms with E-state index in [-0.39, 0.29) is 11.4 Å². The van der Waals surface area contributed by atoms with Crippen LogP contribution in [-0.4, -0.2) is 24.5 Å². The highest BCUT2D eigenvalue weighted by Crippen LogP contribution is 2.48. The van der Waals surface area contributed by atoms with Crippen molar-refractivity contribution in [3.8, 4) is 0 Å². The molecule has 2 bridgehead atoms. The summed E-state index contributed by atoms with van der Waals surface area (Å²) in [5.74, 6) is 0.870. The number of nitrogens with one attached hydrogen (secondary N) is 2. The maximum Gasteiger partial charge on any atom is 0.252 e. The molecule has 3 rings (SSSR count). The molecule has 0 atom stereocenters. The summed E-state index contributed by atoms with van der Waals surface area (Å²) in [4.78, 5) is 12.9. The van der Waals surface area contributed by atoms with Crippen molar-refractivity contribution in [2.45, 2.75) is 84.1 Å². The molecule has 4 heteroatoms. The van der Waals surface area contributed by atoms with Crippen LogP contribution in [0.4, 0.5) is 0 Å². The minimum Gasteiger partial charge on any atom is -0.351 e. The molecule has 156 valence electrons. The number of aryl methyl sites for hydroxylation is 1. The maximum atomic E-state index is 12.9. The number of carbonyl (C=O) groups is 1. The fraction of sp³-hybridized carbons (Fsp3) is 0.708. The fourth-order valence-corrected chi connectivity index (χ4v) is 5.29. The third kappa shape index (κ3) is 5.97. The lowest BCUT2D eigenvalue weighted by molar-refractivity contribution is 0.0682. The molecule has 3 nitrogen and oxygen atoms in total. The van der Waals surface area contributed by atoms with Gasteiger partial charge in [0.25, 0.3) is 5.91 Å². The number of halogens is 1. The van der Waals surface area contributed by atoms with Gasteiger partial charge in [-0.2, -0.15) is 0 Å². The van der Waals surface area contributed by atoms with E-state index in [1.165, 1.54) is 50.5 Å². The van der Waals surface area contributed by atoms with E-state index in [0.717, 1.165) is 31.8 Å². The van der Waals surface area contributed by atoms with E-state index in [4.69, 9.17) is 11.6 Å². The van der Waals surface area contributed by atoms with Crippen LogP contribution in [0.2, 0.25) is 5.02 Å². The minimum absolute atomic E-state index is 0.0123. The van der Waals surface area contributed by atoms with Crippen molar-refractivity contribution >= 4 is 17.5 Å². The Bertz CT molecular complexity index is 670. The van der Waals surface area contributed by atoms with E-state index in [2.05, 4.69) is 31.4 Å². The molecule has 2 saturated carbocycles. The second kappa shape index (κ2) is 9.17. The minimum atomic E-state index is -0.0123. The topological polar surface area (TPSA) is 41.1 Å². The maximum absolute atomic E-state index is 12.9. The Labute approximate surface area is 176 Å². The summed E-state index contributed by atoms with van der Waals surface area (Å²) < 4.78 is 0. The van der Waals surface area contributed by atoms with E-state index in [1.807, 2.05) is 18.2 Å². The molecular formula is C24H37ClN2O. The zero-order valence-corrected chi connectivity index (χ0v) is 18.6. The summed E-state index contributed by atoms with van der Waals surface area (Å²) in [6.45, 7) is 8.31. The number of carbonyl (C=O) groups excluding carboxylic acids is 1. The van der Waals surface area contributed by atoms with E-state index in [1.54, 1.807) is 0 Å². The van der Waals surface area contributed by atoms with Crippen molar-refractivity contribution in [3.63, 3.8) is 0 Å². The van der Waals surface area contributed by atoms with Crippen molar-refractivity contribution in [3.05, 3.63) is 34.3 Å². The third-order valence-corrected chi connectivity index (χ3v) is 6.89. The highest BCUT2D eigenvalue weighted by molar-refractivity contribution is 6.33. The van der Waals surface area contributed by atoms with Gasteiger partial charge in [-0.25, -0.2) is 0 Å². The second-order valence-corrected chi connectivity index (χ2v) is 10.5. The van der Waals surface area contributed by atoms with Gasteiger partial charge in [-0.15, -0.1) is 0 Å². The number of hydrogen-bond acceptors (Lipinski definition) is 2. The molecule has 2 aliphatic rings. The van der Waals surface area contributed by atoms with Gasteiger partial charge in [-0.3, -0.25) is 4.79 Å². The Kier molecular flexibility index (Phi) is 7.09. The molecule has 0 aliphatic heterocycles. The Balaban J connectivity index is 1.55. The molecule has 0 heterocycles. The summed E-state index contributed by atoms with van der Waals surface area (Å²) in [7, 11) is 0. The highest BCUT2D eigenvalue weighted by atomic mass is 35.5. The van der Waals surface area contributed by atoms with Crippen molar-refractivity contribution in [2.75, 3.05) is 13.1 Å². The van der Waals surface area contributed by atoms with Crippen LogP contribution in [0, 0.1) is 11.3 Å². The first-order valence-electron chi connectivity index (χ1n) is 11.1. The predicted octanol–water partition coefficient (Wildman–Crippen LogP) is 5.75. The summed E-state index contributed by atoms with van der Waals surface area (Å²) in [6, 6.07) is 5.90. The number of rotatable bonds is 7. The van der Waals surface area contributed by atoms with Crippen molar-refractivity contribution in [1.29, 1.82) is 0 Å². The fourth-order valence-electron chi connectivity index (χ4n) is 5.09. The predicted molar refractivity (Wildman–Crippen MR) is 118 cm³/mol. The van der Waals surface area contributed by atoms with Crippen molar-refractivity contribution in [1.82, 2.24) is 10.6 Å². The molecular weight excluding hydrogens is 368 g/mol. The summed E-state index contributed by atoms with van der Waals surface area (Å²) >= 11 is 6.36. The molecule has 0 aromatic heterocycles. The smallest absolute Gasteiger partial charge is 0.252 e. The third-order valence-electron chi connectivity index (χ3n) is 6.56. The van der Waals surface area contributed by atoms with Gasteiger partial charge >= 0.3 is 0 Å². The number of fused-ring (bicyclic) bond motifs is 2. The van der Waals surface area contributed by atoms with Crippen molar-refractivity contribution < 1.29 is 4.79 Å². The van der Waals surface area contributed by atoms with Gasteiger partial charge in [0.1, 0.15) is 0 Å². The van der Waals surface area contributed by atoms with Crippen LogP contribution in [0.15, 0.2) is 18.2 Å². The largest absolute Gasteiger partial charge is 0.351 e. The zero-order valence-electron chi connectivity index (χ0n) is 17.9. The van der Waals surface area contributed by atoms with Gasteiger partial charge in [0.15, 0.2) is 0 Å². The summed E-state index contributed by atoms with van der Waals surface area (Å²) in [5.41, 5.74) is 2.28. The van der Waals surface area contributed by atoms with Crippen LogP contribution in [0.5, 0.6) is 0 Å². The van der Waals surface area contributed by atoms with Gasteiger partial charge in [-0.05, 0) is 88.4 Å². The van der Waals surface area contributed by atoms with Gasteiger partial charge < -0.3 is 10.6 Å². The Morgan fingerprint density at radius 2 is 1.93 bits per heavy atom. The molecule has 0 unspecified atom stereocenters. The number of hydrogen-bond donors (Lipinski definition) is 2. The van der Waals surface area contributed by atoms with E-state index in [9.17, 15) is 4.79 Å². The standard InChI is InChI=1S/C24H37ClN2O/c1-23(2,3)27-14-6-9-18-10-11-21(25)20(15-18)22(28)26-17-24-12-4-7-19(16-24)8-5-13-24/h10-11,15,19,27H,4-9,12-14,16-17H2,1-3H3,(H,26,28). The van der Waals surface area contributed by atoms with Crippen LogP contribution in [0.25, 0.3) is 0 Å². The molecule has 2 N–H and O–H groups in total. The first kappa shape index (κ1) is 21.6. The van der Waals surface area contributed by atoms with E-state index >= 15 is 0 Å². The number of amides is 1. The molecule has 1 aromatic carbocycles. The molecule has 0 saturated heterocycles. The van der Waals surface area contributed by atoms with E-state index in [0.29, 0.717) is 16.0 Å². The van der Waals surface area contributed by atoms with Crippen LogP contribution < -0.4 is 10.6 Å². The lowest BCUT2D eigenvalue weighted by Gasteiger charge is -2.45. The van der Waals surface area contributed by atoms with Crippen LogP contribution in [0.3, 0.4) is 0 Å². The quantitative estimate of drug-likeness (QED) is 0.568.